The van der Waals surface area contributed by atoms with E-state index in [4.69, 9.17) is 0 Å². The van der Waals surface area contributed by atoms with Gasteiger partial charge in [-0.2, -0.15) is 0 Å². The number of amides is 1. The molecule has 0 saturated heterocycles. The van der Waals surface area contributed by atoms with Crippen molar-refractivity contribution in [3.63, 3.8) is 0 Å². The molecule has 17 heavy (non-hydrogen) atoms. The summed E-state index contributed by atoms with van der Waals surface area (Å²) in [5.41, 5.74) is 0. The third kappa shape index (κ3) is 3.36. The maximum atomic E-state index is 11.3. The number of hydrogen-bond donors (Lipinski definition) is 1. The van der Waals surface area contributed by atoms with Crippen molar-refractivity contribution in [1.82, 2.24) is 10.2 Å². The SMILES string of the molecule is CC=CC(=O)Nc1nnc(C2CCCCC2)s1. The zero-order chi connectivity index (χ0) is 12.1. The Kier molecular flexibility index (Phi) is 4.25. The summed E-state index contributed by atoms with van der Waals surface area (Å²) >= 11 is 1.51. The Bertz CT molecular complexity index is 408. The highest BCUT2D eigenvalue weighted by Gasteiger charge is 2.19. The number of hydrogen-bond acceptors (Lipinski definition) is 4. The summed E-state index contributed by atoms with van der Waals surface area (Å²) in [6.45, 7) is 1.81. The molecule has 0 radical (unpaired) electrons. The number of nitrogens with zero attached hydrogens (tertiary/aromatic N) is 2. The lowest BCUT2D eigenvalue weighted by Gasteiger charge is -2.18. The molecule has 0 aliphatic heterocycles. The number of carbonyl (C=O) groups is 1. The predicted octanol–water partition coefficient (Wildman–Crippen LogP) is 3.10. The van der Waals surface area contributed by atoms with E-state index in [2.05, 4.69) is 15.5 Å². The van der Waals surface area contributed by atoms with Crippen LogP contribution < -0.4 is 5.32 Å². The fourth-order valence-corrected chi connectivity index (χ4v) is 3.01. The van der Waals surface area contributed by atoms with Crippen LogP contribution in [-0.4, -0.2) is 16.1 Å². The van der Waals surface area contributed by atoms with Crippen molar-refractivity contribution in [3.8, 4) is 0 Å². The van der Waals surface area contributed by atoms with Crippen LogP contribution in [0.4, 0.5) is 5.13 Å². The summed E-state index contributed by atoms with van der Waals surface area (Å²) in [5.74, 6) is 0.410. The zero-order valence-electron chi connectivity index (χ0n) is 9.98. The van der Waals surface area contributed by atoms with Crippen LogP contribution in [0.3, 0.4) is 0 Å². The van der Waals surface area contributed by atoms with E-state index in [0.717, 1.165) is 5.01 Å². The fraction of sp³-hybridized carbons (Fsp3) is 0.583. The minimum absolute atomic E-state index is 0.140. The van der Waals surface area contributed by atoms with Crippen LogP contribution in [0.15, 0.2) is 12.2 Å². The number of rotatable bonds is 3. The molecule has 1 heterocycles. The fourth-order valence-electron chi connectivity index (χ4n) is 2.10. The average molecular weight is 251 g/mol. The molecule has 1 fully saturated rings. The lowest BCUT2D eigenvalue weighted by Crippen LogP contribution is -2.07. The molecule has 0 aromatic carbocycles. The van der Waals surface area contributed by atoms with E-state index in [1.54, 1.807) is 6.08 Å². The molecule has 92 valence electrons. The molecule has 0 atom stereocenters. The standard InChI is InChI=1S/C12H17N3OS/c1-2-6-10(16)13-12-15-14-11(17-12)9-7-4-3-5-8-9/h2,6,9H,3-5,7-8H2,1H3,(H,13,15,16). The van der Waals surface area contributed by atoms with Crippen LogP contribution in [0, 0.1) is 0 Å². The predicted molar refractivity (Wildman–Crippen MR) is 69.2 cm³/mol. The van der Waals surface area contributed by atoms with Gasteiger partial charge in [-0.3, -0.25) is 10.1 Å². The molecule has 4 nitrogen and oxygen atoms in total. The highest BCUT2D eigenvalue weighted by Crippen LogP contribution is 2.35. The summed E-state index contributed by atoms with van der Waals surface area (Å²) in [4.78, 5) is 11.3. The smallest absolute Gasteiger partial charge is 0.249 e. The van der Waals surface area contributed by atoms with Gasteiger partial charge in [-0.15, -0.1) is 10.2 Å². The number of anilines is 1. The molecule has 1 amide bonds. The van der Waals surface area contributed by atoms with Gasteiger partial charge in [-0.1, -0.05) is 36.7 Å². The molecule has 0 bridgehead atoms. The van der Waals surface area contributed by atoms with Crippen molar-refractivity contribution >= 4 is 22.4 Å². The minimum atomic E-state index is -0.140. The molecule has 1 aliphatic rings. The van der Waals surface area contributed by atoms with Gasteiger partial charge in [0.2, 0.25) is 11.0 Å². The third-order valence-corrected chi connectivity index (χ3v) is 3.94. The summed E-state index contributed by atoms with van der Waals surface area (Å²) in [5, 5.41) is 12.6. The van der Waals surface area contributed by atoms with Crippen molar-refractivity contribution in [2.24, 2.45) is 0 Å². The average Bonchev–Trinajstić information content (AvgIpc) is 2.79. The molecule has 5 heteroatoms. The first-order chi connectivity index (χ1) is 8.29. The molecule has 1 saturated carbocycles. The molecular weight excluding hydrogens is 234 g/mol. The molecule has 1 N–H and O–H groups in total. The van der Waals surface area contributed by atoms with Crippen LogP contribution >= 0.6 is 11.3 Å². The molecule has 1 aromatic rings. The maximum Gasteiger partial charge on any atom is 0.249 e. The highest BCUT2D eigenvalue weighted by atomic mass is 32.1. The summed E-state index contributed by atoms with van der Waals surface area (Å²) < 4.78 is 0. The van der Waals surface area contributed by atoms with E-state index in [-0.39, 0.29) is 5.91 Å². The highest BCUT2D eigenvalue weighted by molar-refractivity contribution is 7.15. The Morgan fingerprint density at radius 1 is 1.35 bits per heavy atom. The molecule has 1 aliphatic carbocycles. The largest absolute Gasteiger partial charge is 0.297 e. The number of carbonyl (C=O) groups excluding carboxylic acids is 1. The topological polar surface area (TPSA) is 54.9 Å². The lowest BCUT2D eigenvalue weighted by atomic mass is 9.90. The van der Waals surface area contributed by atoms with Crippen molar-refractivity contribution < 1.29 is 4.79 Å². The Balaban J connectivity index is 1.97. The minimum Gasteiger partial charge on any atom is -0.297 e. The summed E-state index contributed by atoms with van der Waals surface area (Å²) in [6.07, 6.45) is 9.50. The molecule has 0 unspecified atom stereocenters. The van der Waals surface area contributed by atoms with Crippen LogP contribution in [-0.2, 0) is 4.79 Å². The Morgan fingerprint density at radius 2 is 2.12 bits per heavy atom. The zero-order valence-corrected chi connectivity index (χ0v) is 10.8. The number of nitrogens with one attached hydrogen (secondary N) is 1. The van der Waals surface area contributed by atoms with Gasteiger partial charge >= 0.3 is 0 Å². The Morgan fingerprint density at radius 3 is 2.82 bits per heavy atom. The van der Waals surface area contributed by atoms with E-state index >= 15 is 0 Å². The van der Waals surface area contributed by atoms with Gasteiger partial charge in [-0.25, -0.2) is 0 Å². The van der Waals surface area contributed by atoms with Crippen LogP contribution in [0.25, 0.3) is 0 Å². The van der Waals surface area contributed by atoms with E-state index < -0.39 is 0 Å². The van der Waals surface area contributed by atoms with Crippen LogP contribution in [0.2, 0.25) is 0 Å². The monoisotopic (exact) mass is 251 g/mol. The molecule has 0 spiro atoms. The van der Waals surface area contributed by atoms with E-state index in [0.29, 0.717) is 11.0 Å². The number of aromatic nitrogens is 2. The quantitative estimate of drug-likeness (QED) is 0.840. The van der Waals surface area contributed by atoms with Crippen molar-refractivity contribution in [2.45, 2.75) is 44.9 Å². The third-order valence-electron chi connectivity index (χ3n) is 2.94. The molecule has 1 aromatic heterocycles. The van der Waals surface area contributed by atoms with E-state index in [1.807, 2.05) is 6.92 Å². The van der Waals surface area contributed by atoms with Crippen molar-refractivity contribution in [1.29, 1.82) is 0 Å². The lowest BCUT2D eigenvalue weighted by molar-refractivity contribution is -0.111. The van der Waals surface area contributed by atoms with Gasteiger partial charge in [0, 0.05) is 5.92 Å². The van der Waals surface area contributed by atoms with Gasteiger partial charge in [0.05, 0.1) is 0 Å². The first-order valence-corrected chi connectivity index (χ1v) is 6.88. The normalized spacial score (nSPS) is 17.5. The van der Waals surface area contributed by atoms with Gasteiger partial charge in [0.25, 0.3) is 0 Å². The maximum absolute atomic E-state index is 11.3. The van der Waals surface area contributed by atoms with Crippen molar-refractivity contribution in [3.05, 3.63) is 17.2 Å². The second-order valence-electron chi connectivity index (χ2n) is 4.27. The van der Waals surface area contributed by atoms with Gasteiger partial charge in [0.1, 0.15) is 5.01 Å². The Labute approximate surface area is 105 Å². The Hall–Kier alpha value is -1.23. The second-order valence-corrected chi connectivity index (χ2v) is 5.28. The van der Waals surface area contributed by atoms with Gasteiger partial charge in [0.15, 0.2) is 0 Å². The van der Waals surface area contributed by atoms with E-state index in [9.17, 15) is 4.79 Å². The molecular formula is C12H17N3OS. The van der Waals surface area contributed by atoms with Crippen LogP contribution in [0.5, 0.6) is 0 Å². The second kappa shape index (κ2) is 5.91. The van der Waals surface area contributed by atoms with Crippen LogP contribution in [0.1, 0.15) is 50.0 Å². The van der Waals surface area contributed by atoms with E-state index in [1.165, 1.54) is 49.5 Å². The van der Waals surface area contributed by atoms with Gasteiger partial charge < -0.3 is 0 Å². The summed E-state index contributed by atoms with van der Waals surface area (Å²) in [6, 6.07) is 0. The first-order valence-electron chi connectivity index (χ1n) is 6.06. The van der Waals surface area contributed by atoms with Crippen molar-refractivity contribution in [2.75, 3.05) is 5.32 Å². The first kappa shape index (κ1) is 12.2. The molecule has 2 rings (SSSR count). The number of allylic oxidation sites excluding steroid dienone is 1. The van der Waals surface area contributed by atoms with Gasteiger partial charge in [-0.05, 0) is 25.8 Å². The summed E-state index contributed by atoms with van der Waals surface area (Å²) in [7, 11) is 0.